The summed E-state index contributed by atoms with van der Waals surface area (Å²) in [5, 5.41) is 5.30. The van der Waals surface area contributed by atoms with Gasteiger partial charge < -0.3 is 15.1 Å². The number of nitrogens with zero attached hydrogens (tertiary/aromatic N) is 1. The zero-order valence-electron chi connectivity index (χ0n) is 18.0. The summed E-state index contributed by atoms with van der Waals surface area (Å²) in [6, 6.07) is 15.4. The largest absolute Gasteiger partial charge is 0.467 e. The number of carbonyl (C=O) groups is 2. The van der Waals surface area contributed by atoms with Crippen molar-refractivity contribution in [3.63, 3.8) is 0 Å². The Morgan fingerprint density at radius 1 is 1.03 bits per heavy atom. The number of carbonyl (C=O) groups excluding carboxylic acids is 2. The average Bonchev–Trinajstić information content (AvgIpc) is 3.31. The molecule has 3 aromatic rings. The van der Waals surface area contributed by atoms with Crippen molar-refractivity contribution in [2.24, 2.45) is 0 Å². The second-order valence-corrected chi connectivity index (χ2v) is 9.29. The average molecular weight is 456 g/mol. The van der Waals surface area contributed by atoms with Gasteiger partial charge in [0.2, 0.25) is 5.91 Å². The second kappa shape index (κ2) is 9.69. The SMILES string of the molecule is Cc1ccc(S(=O)(=O)N(C)c2ccc(C(=O)NC(C)C(=O)NCc3ccco3)cc2)cc1. The highest BCUT2D eigenvalue weighted by Crippen LogP contribution is 2.22. The fraction of sp³-hybridized carbons (Fsp3) is 0.217. The number of amides is 2. The van der Waals surface area contributed by atoms with Crippen molar-refractivity contribution in [2.75, 3.05) is 11.4 Å². The summed E-state index contributed by atoms with van der Waals surface area (Å²) in [5.74, 6) is -0.186. The Labute approximate surface area is 187 Å². The third-order valence-electron chi connectivity index (χ3n) is 4.93. The lowest BCUT2D eigenvalue weighted by Crippen LogP contribution is -2.44. The maximum atomic E-state index is 12.8. The van der Waals surface area contributed by atoms with Crippen LogP contribution >= 0.6 is 0 Å². The van der Waals surface area contributed by atoms with E-state index in [1.165, 1.54) is 25.4 Å². The van der Waals surface area contributed by atoms with E-state index in [0.717, 1.165) is 9.87 Å². The van der Waals surface area contributed by atoms with Gasteiger partial charge in [0.25, 0.3) is 15.9 Å². The van der Waals surface area contributed by atoms with Gasteiger partial charge in [-0.25, -0.2) is 8.42 Å². The van der Waals surface area contributed by atoms with Gasteiger partial charge in [-0.2, -0.15) is 0 Å². The molecular formula is C23H25N3O5S. The number of hydrogen-bond donors (Lipinski definition) is 2. The normalized spacial score (nSPS) is 12.1. The Morgan fingerprint density at radius 2 is 1.69 bits per heavy atom. The molecule has 168 valence electrons. The number of sulfonamides is 1. The van der Waals surface area contributed by atoms with Crippen molar-refractivity contribution in [1.29, 1.82) is 0 Å². The molecule has 0 bridgehead atoms. The first kappa shape index (κ1) is 23.1. The minimum Gasteiger partial charge on any atom is -0.467 e. The van der Waals surface area contributed by atoms with E-state index in [9.17, 15) is 18.0 Å². The number of aryl methyl sites for hydroxylation is 1. The molecule has 0 aliphatic carbocycles. The minimum absolute atomic E-state index is 0.182. The predicted octanol–water partition coefficient (Wildman–Crippen LogP) is 2.85. The lowest BCUT2D eigenvalue weighted by Gasteiger charge is -2.20. The van der Waals surface area contributed by atoms with E-state index >= 15 is 0 Å². The summed E-state index contributed by atoms with van der Waals surface area (Å²) in [7, 11) is -2.27. The summed E-state index contributed by atoms with van der Waals surface area (Å²) in [6.07, 6.45) is 1.51. The quantitative estimate of drug-likeness (QED) is 0.543. The molecule has 2 amide bonds. The fourth-order valence-electron chi connectivity index (χ4n) is 2.92. The molecule has 0 aliphatic heterocycles. The van der Waals surface area contributed by atoms with Crippen LogP contribution in [-0.4, -0.2) is 33.3 Å². The van der Waals surface area contributed by atoms with E-state index in [1.54, 1.807) is 55.5 Å². The monoisotopic (exact) mass is 455 g/mol. The van der Waals surface area contributed by atoms with Crippen LogP contribution in [0.15, 0.2) is 76.2 Å². The second-order valence-electron chi connectivity index (χ2n) is 7.32. The Bertz CT molecular complexity index is 1170. The summed E-state index contributed by atoms with van der Waals surface area (Å²) in [5.41, 5.74) is 1.68. The third kappa shape index (κ3) is 5.36. The van der Waals surface area contributed by atoms with Gasteiger partial charge >= 0.3 is 0 Å². The van der Waals surface area contributed by atoms with Crippen molar-refractivity contribution >= 4 is 27.5 Å². The molecule has 1 heterocycles. The molecule has 8 nitrogen and oxygen atoms in total. The molecular weight excluding hydrogens is 430 g/mol. The summed E-state index contributed by atoms with van der Waals surface area (Å²) in [6.45, 7) is 3.68. The first-order valence-corrected chi connectivity index (χ1v) is 11.4. The van der Waals surface area contributed by atoms with Crippen LogP contribution in [-0.2, 0) is 21.4 Å². The highest BCUT2D eigenvalue weighted by molar-refractivity contribution is 7.92. The first-order valence-electron chi connectivity index (χ1n) is 9.95. The van der Waals surface area contributed by atoms with Crippen LogP contribution in [0, 0.1) is 6.92 Å². The smallest absolute Gasteiger partial charge is 0.264 e. The van der Waals surface area contributed by atoms with Gasteiger partial charge in [0.05, 0.1) is 23.4 Å². The first-order chi connectivity index (χ1) is 15.2. The number of anilines is 1. The maximum absolute atomic E-state index is 12.8. The fourth-order valence-corrected chi connectivity index (χ4v) is 4.11. The van der Waals surface area contributed by atoms with Gasteiger partial charge in [0.15, 0.2) is 0 Å². The Balaban J connectivity index is 1.62. The molecule has 32 heavy (non-hydrogen) atoms. The van der Waals surface area contributed by atoms with Gasteiger partial charge in [0.1, 0.15) is 11.8 Å². The Kier molecular flexibility index (Phi) is 6.99. The van der Waals surface area contributed by atoms with Crippen LogP contribution < -0.4 is 14.9 Å². The number of furan rings is 1. The third-order valence-corrected chi connectivity index (χ3v) is 6.73. The van der Waals surface area contributed by atoms with E-state index in [-0.39, 0.29) is 17.3 Å². The summed E-state index contributed by atoms with van der Waals surface area (Å²) in [4.78, 5) is 24.8. The van der Waals surface area contributed by atoms with E-state index in [0.29, 0.717) is 17.0 Å². The molecule has 0 fully saturated rings. The maximum Gasteiger partial charge on any atom is 0.264 e. The standard InChI is InChI=1S/C23H25N3O5S/c1-16-6-12-21(13-7-16)32(29,30)26(3)19-10-8-18(9-11-19)23(28)25-17(2)22(27)24-15-20-5-4-14-31-20/h4-14,17H,15H2,1-3H3,(H,24,27)(H,25,28). The van der Waals surface area contributed by atoms with Crippen LogP contribution in [0.25, 0.3) is 0 Å². The van der Waals surface area contributed by atoms with Crippen LogP contribution in [0.1, 0.15) is 28.6 Å². The highest BCUT2D eigenvalue weighted by atomic mass is 32.2. The lowest BCUT2D eigenvalue weighted by atomic mass is 10.2. The van der Waals surface area contributed by atoms with E-state index in [1.807, 2.05) is 6.92 Å². The van der Waals surface area contributed by atoms with Crippen molar-refractivity contribution in [2.45, 2.75) is 31.3 Å². The molecule has 1 atom stereocenters. The number of rotatable bonds is 8. The number of hydrogen-bond acceptors (Lipinski definition) is 5. The molecule has 2 N–H and O–H groups in total. The van der Waals surface area contributed by atoms with Gasteiger partial charge in [-0.05, 0) is 62.4 Å². The molecule has 9 heteroatoms. The van der Waals surface area contributed by atoms with Crippen LogP contribution in [0.2, 0.25) is 0 Å². The molecule has 0 aliphatic rings. The van der Waals surface area contributed by atoms with Crippen molar-refractivity contribution in [3.05, 3.63) is 83.8 Å². The molecule has 2 aromatic carbocycles. The van der Waals surface area contributed by atoms with Crippen molar-refractivity contribution < 1.29 is 22.4 Å². The number of benzene rings is 2. The molecule has 1 aromatic heterocycles. The molecule has 0 radical (unpaired) electrons. The summed E-state index contributed by atoms with van der Waals surface area (Å²) >= 11 is 0. The lowest BCUT2D eigenvalue weighted by molar-refractivity contribution is -0.122. The molecule has 0 saturated heterocycles. The van der Waals surface area contributed by atoms with Gasteiger partial charge in [-0.3, -0.25) is 13.9 Å². The summed E-state index contributed by atoms with van der Waals surface area (Å²) < 4.78 is 32.0. The van der Waals surface area contributed by atoms with E-state index in [2.05, 4.69) is 10.6 Å². The van der Waals surface area contributed by atoms with Gasteiger partial charge in [0, 0.05) is 12.6 Å². The molecule has 3 rings (SSSR count). The van der Waals surface area contributed by atoms with Crippen molar-refractivity contribution in [3.8, 4) is 0 Å². The van der Waals surface area contributed by atoms with E-state index < -0.39 is 22.0 Å². The predicted molar refractivity (Wildman–Crippen MR) is 121 cm³/mol. The zero-order chi connectivity index (χ0) is 23.3. The van der Waals surface area contributed by atoms with E-state index in [4.69, 9.17) is 4.42 Å². The molecule has 0 saturated carbocycles. The van der Waals surface area contributed by atoms with Gasteiger partial charge in [-0.15, -0.1) is 0 Å². The van der Waals surface area contributed by atoms with Crippen LogP contribution in [0.4, 0.5) is 5.69 Å². The zero-order valence-corrected chi connectivity index (χ0v) is 18.8. The topological polar surface area (TPSA) is 109 Å². The Hall–Kier alpha value is -3.59. The minimum atomic E-state index is -3.72. The number of nitrogens with one attached hydrogen (secondary N) is 2. The van der Waals surface area contributed by atoms with Crippen LogP contribution in [0.3, 0.4) is 0 Å². The van der Waals surface area contributed by atoms with Gasteiger partial charge in [-0.1, -0.05) is 17.7 Å². The Morgan fingerprint density at radius 3 is 2.28 bits per heavy atom. The van der Waals surface area contributed by atoms with Crippen LogP contribution in [0.5, 0.6) is 0 Å². The van der Waals surface area contributed by atoms with Crippen molar-refractivity contribution in [1.82, 2.24) is 10.6 Å². The highest BCUT2D eigenvalue weighted by Gasteiger charge is 2.22. The molecule has 1 unspecified atom stereocenters. The molecule has 0 spiro atoms.